The molecule has 1 aliphatic heterocycles. The van der Waals surface area contributed by atoms with Gasteiger partial charge in [0.2, 0.25) is 11.8 Å². The van der Waals surface area contributed by atoms with Crippen molar-refractivity contribution >= 4 is 41.8 Å². The largest absolute Gasteiger partial charge is 0.383 e. The van der Waals surface area contributed by atoms with E-state index in [2.05, 4.69) is 22.5 Å². The first-order chi connectivity index (χ1) is 11.5. The van der Waals surface area contributed by atoms with E-state index in [0.717, 1.165) is 6.42 Å². The minimum Gasteiger partial charge on any atom is -0.383 e. The molecule has 2 amide bonds. The molecule has 3 rings (SSSR count). The minimum absolute atomic E-state index is 0. The first-order valence-electron chi connectivity index (χ1n) is 8.62. The van der Waals surface area contributed by atoms with Crippen molar-refractivity contribution in [3.05, 3.63) is 12.2 Å². The molecule has 1 heterocycles. The number of carbonyl (C=O) groups is 2. The van der Waals surface area contributed by atoms with Crippen LogP contribution in [0.25, 0.3) is 0 Å². The van der Waals surface area contributed by atoms with E-state index in [1.165, 1.54) is 4.90 Å². The number of likely N-dealkylation sites (tertiary alicyclic amines) is 1. The maximum absolute atomic E-state index is 12.5. The molecule has 0 radical (unpaired) electrons. The number of hydrogen-bond acceptors (Lipinski definition) is 4. The molecule has 25 heavy (non-hydrogen) atoms. The van der Waals surface area contributed by atoms with Crippen molar-refractivity contribution in [3.63, 3.8) is 0 Å². The molecule has 7 nitrogen and oxygen atoms in total. The lowest BCUT2D eigenvalue weighted by Gasteiger charge is -2.17. The molecule has 5 atom stereocenters. The van der Waals surface area contributed by atoms with Crippen LogP contribution >= 0.6 is 24.0 Å². The lowest BCUT2D eigenvalue weighted by atomic mass is 9.85. The summed E-state index contributed by atoms with van der Waals surface area (Å²) in [5.74, 6) is 0.674. The highest BCUT2D eigenvalue weighted by atomic mass is 127. The summed E-state index contributed by atoms with van der Waals surface area (Å²) in [6, 6.07) is 0.0860. The molecular formula is C17H27IN4O3. The predicted molar refractivity (Wildman–Crippen MR) is 105 cm³/mol. The molecule has 3 N–H and O–H groups in total. The summed E-state index contributed by atoms with van der Waals surface area (Å²) in [6.07, 6.45) is 5.81. The fraction of sp³-hybridized carbons (Fsp3) is 0.706. The van der Waals surface area contributed by atoms with Gasteiger partial charge < -0.3 is 15.8 Å². The monoisotopic (exact) mass is 462 g/mol. The van der Waals surface area contributed by atoms with Crippen molar-refractivity contribution in [2.24, 2.45) is 34.4 Å². The van der Waals surface area contributed by atoms with Gasteiger partial charge in [0.25, 0.3) is 0 Å². The second kappa shape index (κ2) is 8.48. The number of nitrogens with one attached hydrogen (secondary N) is 1. The number of fused-ring (bicyclic) bond motifs is 5. The molecule has 0 aromatic heterocycles. The van der Waals surface area contributed by atoms with Crippen molar-refractivity contribution in [1.82, 2.24) is 10.2 Å². The number of aliphatic imine (C=N–C) groups is 1. The van der Waals surface area contributed by atoms with Crippen LogP contribution in [0.5, 0.6) is 0 Å². The average Bonchev–Trinajstić information content (AvgIpc) is 3.20. The number of methoxy groups -OCH3 is 1. The zero-order valence-electron chi connectivity index (χ0n) is 14.7. The van der Waals surface area contributed by atoms with E-state index in [1.54, 1.807) is 7.11 Å². The van der Waals surface area contributed by atoms with Crippen LogP contribution in [0.15, 0.2) is 17.1 Å². The Morgan fingerprint density at radius 1 is 1.36 bits per heavy atom. The summed E-state index contributed by atoms with van der Waals surface area (Å²) < 4.78 is 5.02. The van der Waals surface area contributed by atoms with Crippen molar-refractivity contribution < 1.29 is 14.3 Å². The lowest BCUT2D eigenvalue weighted by Crippen LogP contribution is -2.41. The molecule has 0 aromatic rings. The van der Waals surface area contributed by atoms with Crippen LogP contribution in [-0.2, 0) is 14.3 Å². The Morgan fingerprint density at radius 2 is 1.96 bits per heavy atom. The van der Waals surface area contributed by atoms with Crippen LogP contribution in [0.3, 0.4) is 0 Å². The van der Waals surface area contributed by atoms with Crippen LogP contribution in [0.1, 0.15) is 19.8 Å². The summed E-state index contributed by atoms with van der Waals surface area (Å²) in [6.45, 7) is 3.41. The van der Waals surface area contributed by atoms with Crippen LogP contribution in [0, 0.1) is 23.7 Å². The fourth-order valence-electron chi connectivity index (χ4n) is 4.20. The number of rotatable bonds is 7. The Balaban J connectivity index is 0.00000225. The van der Waals surface area contributed by atoms with Gasteiger partial charge in [0.05, 0.1) is 18.4 Å². The Labute approximate surface area is 165 Å². The number of imide groups is 1. The van der Waals surface area contributed by atoms with Gasteiger partial charge in [-0.3, -0.25) is 19.5 Å². The Bertz CT molecular complexity index is 550. The number of guanidine groups is 1. The maximum Gasteiger partial charge on any atom is 0.233 e. The normalized spacial score (nSPS) is 31.3. The standard InChI is InChI=1S/C17H26N4O3.HI/c1-10(9-24-2)20-17(18)19-6-3-7-21-15(22)13-11-4-5-12(8-11)14(13)16(21)23;/h4-5,10-14H,3,6-9H2,1-2H3,(H3,18,19,20);1H. The van der Waals surface area contributed by atoms with E-state index in [1.807, 2.05) is 6.92 Å². The van der Waals surface area contributed by atoms with Gasteiger partial charge in [0.1, 0.15) is 0 Å². The van der Waals surface area contributed by atoms with E-state index in [4.69, 9.17) is 10.5 Å². The number of nitrogens with two attached hydrogens (primary N) is 1. The lowest BCUT2D eigenvalue weighted by molar-refractivity contribution is -0.140. The Morgan fingerprint density at radius 3 is 2.52 bits per heavy atom. The van der Waals surface area contributed by atoms with E-state index in [-0.39, 0.29) is 65.5 Å². The van der Waals surface area contributed by atoms with Gasteiger partial charge in [0, 0.05) is 26.2 Å². The van der Waals surface area contributed by atoms with Crippen molar-refractivity contribution in [3.8, 4) is 0 Å². The number of ether oxygens (including phenoxy) is 1. The highest BCUT2D eigenvalue weighted by molar-refractivity contribution is 14.0. The van der Waals surface area contributed by atoms with E-state index in [9.17, 15) is 9.59 Å². The zero-order valence-corrected chi connectivity index (χ0v) is 17.0. The van der Waals surface area contributed by atoms with Crippen molar-refractivity contribution in [2.75, 3.05) is 26.8 Å². The third kappa shape index (κ3) is 3.99. The SMILES string of the molecule is COCC(C)NC(N)=NCCCN1C(=O)C2C3C=CC(C3)C2C1=O.I. The number of allylic oxidation sites excluding steroid dienone is 2. The topological polar surface area (TPSA) is 97.0 Å². The predicted octanol–water partition coefficient (Wildman–Crippen LogP) is 0.741. The minimum atomic E-state index is -0.113. The van der Waals surface area contributed by atoms with Crippen LogP contribution in [0.4, 0.5) is 0 Å². The van der Waals surface area contributed by atoms with E-state index >= 15 is 0 Å². The first-order valence-corrected chi connectivity index (χ1v) is 8.62. The molecule has 3 aliphatic rings. The van der Waals surface area contributed by atoms with Crippen molar-refractivity contribution in [1.29, 1.82) is 0 Å². The quantitative estimate of drug-likeness (QED) is 0.145. The van der Waals surface area contributed by atoms with Gasteiger partial charge in [-0.2, -0.15) is 0 Å². The second-order valence-electron chi connectivity index (χ2n) is 6.95. The zero-order chi connectivity index (χ0) is 17.3. The van der Waals surface area contributed by atoms with E-state index in [0.29, 0.717) is 32.1 Å². The summed E-state index contributed by atoms with van der Waals surface area (Å²) >= 11 is 0. The Kier molecular flexibility index (Phi) is 6.84. The molecule has 2 bridgehead atoms. The van der Waals surface area contributed by atoms with Crippen LogP contribution in [-0.4, -0.2) is 55.5 Å². The van der Waals surface area contributed by atoms with Gasteiger partial charge in [-0.15, -0.1) is 24.0 Å². The Hall–Kier alpha value is -1.16. The van der Waals surface area contributed by atoms with Crippen LogP contribution < -0.4 is 11.1 Å². The molecule has 2 aliphatic carbocycles. The van der Waals surface area contributed by atoms with Crippen molar-refractivity contribution in [2.45, 2.75) is 25.8 Å². The second-order valence-corrected chi connectivity index (χ2v) is 6.95. The molecule has 1 saturated heterocycles. The molecule has 2 fully saturated rings. The molecular weight excluding hydrogens is 435 g/mol. The third-order valence-electron chi connectivity index (χ3n) is 5.19. The van der Waals surface area contributed by atoms with Gasteiger partial charge in [0.15, 0.2) is 5.96 Å². The molecule has 5 unspecified atom stereocenters. The summed E-state index contributed by atoms with van der Waals surface area (Å²) in [7, 11) is 1.63. The highest BCUT2D eigenvalue weighted by Gasteiger charge is 2.58. The smallest absolute Gasteiger partial charge is 0.233 e. The molecule has 1 saturated carbocycles. The van der Waals surface area contributed by atoms with Gasteiger partial charge in [-0.25, -0.2) is 0 Å². The number of halogens is 1. The van der Waals surface area contributed by atoms with Crippen LogP contribution in [0.2, 0.25) is 0 Å². The number of nitrogens with zero attached hydrogens (tertiary/aromatic N) is 2. The number of carbonyl (C=O) groups excluding carboxylic acids is 2. The molecule has 0 aromatic carbocycles. The van der Waals surface area contributed by atoms with Gasteiger partial charge >= 0.3 is 0 Å². The number of amides is 2. The van der Waals surface area contributed by atoms with E-state index < -0.39 is 0 Å². The molecule has 140 valence electrons. The molecule has 8 heteroatoms. The van der Waals surface area contributed by atoms with Gasteiger partial charge in [-0.1, -0.05) is 12.2 Å². The molecule has 0 spiro atoms. The van der Waals surface area contributed by atoms with Gasteiger partial charge in [-0.05, 0) is 31.6 Å². The average molecular weight is 462 g/mol. The summed E-state index contributed by atoms with van der Waals surface area (Å²) in [5, 5.41) is 3.03. The number of hydrogen-bond donors (Lipinski definition) is 2. The third-order valence-corrected chi connectivity index (χ3v) is 5.19. The highest BCUT2D eigenvalue weighted by Crippen LogP contribution is 2.52. The summed E-state index contributed by atoms with van der Waals surface area (Å²) in [4.78, 5) is 30.7. The summed E-state index contributed by atoms with van der Waals surface area (Å²) in [5.41, 5.74) is 5.80. The fourth-order valence-corrected chi connectivity index (χ4v) is 4.20. The maximum atomic E-state index is 12.5. The first kappa shape index (κ1) is 20.2.